The summed E-state index contributed by atoms with van der Waals surface area (Å²) < 4.78 is 8.06. The molecule has 2 aliphatic rings. The summed E-state index contributed by atoms with van der Waals surface area (Å²) in [6.45, 7) is 8.15. The molecule has 0 spiro atoms. The van der Waals surface area contributed by atoms with E-state index in [1.165, 1.54) is 46.3 Å². The molecule has 204 valence electrons. The van der Waals surface area contributed by atoms with E-state index in [0.717, 1.165) is 71.9 Å². The molecule has 40 heavy (non-hydrogen) atoms. The Morgan fingerprint density at radius 3 is 2.48 bits per heavy atom. The Hall–Kier alpha value is -4.13. The van der Waals surface area contributed by atoms with Crippen molar-refractivity contribution in [2.45, 2.75) is 65.3 Å². The average Bonchev–Trinajstić information content (AvgIpc) is 3.61. The van der Waals surface area contributed by atoms with Crippen LogP contribution >= 0.6 is 0 Å². The fourth-order valence-electron chi connectivity index (χ4n) is 6.39. The van der Waals surface area contributed by atoms with E-state index in [9.17, 15) is 0 Å². The molecule has 0 bridgehead atoms. The predicted octanol–water partition coefficient (Wildman–Crippen LogP) is 6.69. The first-order valence-electron chi connectivity index (χ1n) is 14.5. The number of nitrogens with zero attached hydrogens (tertiary/aromatic N) is 5. The first-order valence-corrected chi connectivity index (χ1v) is 14.5. The number of ether oxygens (including phenoxy) is 1. The average molecular weight is 533 g/mol. The van der Waals surface area contributed by atoms with Crippen LogP contribution in [0.5, 0.6) is 5.75 Å². The van der Waals surface area contributed by atoms with E-state index in [4.69, 9.17) is 19.8 Å². The molecular formula is C33H36N6O. The zero-order valence-electron chi connectivity index (χ0n) is 23.8. The number of aryl methyl sites for hydroxylation is 3. The quantitative estimate of drug-likeness (QED) is 0.253. The van der Waals surface area contributed by atoms with Gasteiger partial charge in [-0.05, 0) is 72.9 Å². The number of rotatable bonds is 7. The molecule has 0 unspecified atom stereocenters. The number of H-pyrrole nitrogens is 1. The summed E-state index contributed by atoms with van der Waals surface area (Å²) in [6, 6.07) is 11.1. The van der Waals surface area contributed by atoms with Crippen LogP contribution in [0, 0.1) is 6.92 Å². The molecule has 7 rings (SSSR count). The van der Waals surface area contributed by atoms with Gasteiger partial charge in [0.1, 0.15) is 5.75 Å². The summed E-state index contributed by atoms with van der Waals surface area (Å²) in [5.41, 5.74) is 12.0. The normalized spacial score (nSPS) is 15.1. The van der Waals surface area contributed by atoms with E-state index >= 15 is 0 Å². The molecule has 1 saturated carbocycles. The molecule has 0 atom stereocenters. The second kappa shape index (κ2) is 9.81. The maximum atomic E-state index is 5.82. The standard InChI is InChI=1S/C33H36N6O/c1-5-21-8-7-9-22(6-2)30(21)39-31(26-16-20(3)32(40-4)29-25(26)12-14-34-29)27-19-38(15-13-28(27)37-39)33-35-17-24(18-36-33)23-10-11-23/h7-9,12,14,16-18,23,34H,5-6,10-11,13,15,19H2,1-4H3. The highest BCUT2D eigenvalue weighted by molar-refractivity contribution is 6.00. The van der Waals surface area contributed by atoms with Gasteiger partial charge in [0.25, 0.3) is 0 Å². The molecule has 2 aromatic carbocycles. The highest BCUT2D eigenvalue weighted by Crippen LogP contribution is 2.42. The molecule has 4 heterocycles. The van der Waals surface area contributed by atoms with Crippen molar-refractivity contribution < 1.29 is 4.74 Å². The lowest BCUT2D eigenvalue weighted by atomic mass is 9.95. The number of anilines is 1. The Balaban J connectivity index is 1.44. The Bertz CT molecular complexity index is 1690. The van der Waals surface area contributed by atoms with Gasteiger partial charge >= 0.3 is 0 Å². The van der Waals surface area contributed by atoms with Gasteiger partial charge in [-0.3, -0.25) is 0 Å². The monoisotopic (exact) mass is 532 g/mol. The van der Waals surface area contributed by atoms with Crippen molar-refractivity contribution in [3.05, 3.63) is 82.4 Å². The van der Waals surface area contributed by atoms with Gasteiger partial charge in [0.05, 0.1) is 29.7 Å². The molecule has 0 amide bonds. The SMILES string of the molecule is CCc1cccc(CC)c1-n1nc2c(c1-c1cc(C)c(OC)c3[nH]ccc13)CN(c1ncc(C3CC3)cn1)CC2. The van der Waals surface area contributed by atoms with Gasteiger partial charge in [-0.2, -0.15) is 5.10 Å². The van der Waals surface area contributed by atoms with Crippen molar-refractivity contribution in [1.29, 1.82) is 0 Å². The van der Waals surface area contributed by atoms with E-state index in [-0.39, 0.29) is 0 Å². The number of fused-ring (bicyclic) bond motifs is 2. The number of hydrogen-bond acceptors (Lipinski definition) is 5. The number of benzene rings is 2. The molecule has 5 aromatic rings. The number of para-hydroxylation sites is 1. The Morgan fingerprint density at radius 1 is 1.05 bits per heavy atom. The maximum absolute atomic E-state index is 5.82. The van der Waals surface area contributed by atoms with Crippen molar-refractivity contribution >= 4 is 16.9 Å². The first-order chi connectivity index (χ1) is 19.6. The number of aromatic amines is 1. The second-order valence-electron chi connectivity index (χ2n) is 11.1. The summed E-state index contributed by atoms with van der Waals surface area (Å²) in [5.74, 6) is 2.34. The summed E-state index contributed by atoms with van der Waals surface area (Å²) >= 11 is 0. The van der Waals surface area contributed by atoms with Crippen LogP contribution in [-0.4, -0.2) is 38.4 Å². The van der Waals surface area contributed by atoms with Crippen LogP contribution < -0.4 is 9.64 Å². The Kier molecular flexibility index (Phi) is 6.10. The first kappa shape index (κ1) is 24.9. The summed E-state index contributed by atoms with van der Waals surface area (Å²) in [7, 11) is 1.74. The van der Waals surface area contributed by atoms with Gasteiger partial charge in [0.15, 0.2) is 0 Å². The van der Waals surface area contributed by atoms with Gasteiger partial charge in [0.2, 0.25) is 5.95 Å². The minimum atomic E-state index is 0.653. The maximum Gasteiger partial charge on any atom is 0.225 e. The zero-order valence-corrected chi connectivity index (χ0v) is 23.8. The third kappa shape index (κ3) is 3.98. The molecule has 1 aliphatic heterocycles. The molecular weight excluding hydrogens is 496 g/mol. The summed E-state index contributed by atoms with van der Waals surface area (Å²) in [4.78, 5) is 15.4. The number of hydrogen-bond donors (Lipinski definition) is 1. The molecule has 7 heteroatoms. The third-order valence-corrected chi connectivity index (χ3v) is 8.64. The lowest BCUT2D eigenvalue weighted by molar-refractivity contribution is 0.416. The predicted molar refractivity (Wildman–Crippen MR) is 160 cm³/mol. The van der Waals surface area contributed by atoms with Crippen LogP contribution in [0.4, 0.5) is 5.95 Å². The lowest BCUT2D eigenvalue weighted by Crippen LogP contribution is -2.31. The van der Waals surface area contributed by atoms with Gasteiger partial charge < -0.3 is 14.6 Å². The Labute approximate surface area is 235 Å². The summed E-state index contributed by atoms with van der Waals surface area (Å²) in [5, 5.41) is 6.50. The van der Waals surface area contributed by atoms with E-state index in [1.54, 1.807) is 7.11 Å². The van der Waals surface area contributed by atoms with Crippen LogP contribution in [0.3, 0.4) is 0 Å². The highest BCUT2D eigenvalue weighted by atomic mass is 16.5. The highest BCUT2D eigenvalue weighted by Gasteiger charge is 2.31. The van der Waals surface area contributed by atoms with Gasteiger partial charge in [-0.15, -0.1) is 0 Å². The molecule has 3 aromatic heterocycles. The Morgan fingerprint density at radius 2 is 1.80 bits per heavy atom. The van der Waals surface area contributed by atoms with Gasteiger partial charge in [-0.25, -0.2) is 14.6 Å². The number of aromatic nitrogens is 5. The number of nitrogens with one attached hydrogen (secondary N) is 1. The van der Waals surface area contributed by atoms with Crippen molar-refractivity contribution in [2.75, 3.05) is 18.6 Å². The molecule has 1 aliphatic carbocycles. The van der Waals surface area contributed by atoms with E-state index in [0.29, 0.717) is 5.92 Å². The van der Waals surface area contributed by atoms with E-state index in [2.05, 4.69) is 65.7 Å². The smallest absolute Gasteiger partial charge is 0.225 e. The van der Waals surface area contributed by atoms with Crippen molar-refractivity contribution in [2.24, 2.45) is 0 Å². The number of methoxy groups -OCH3 is 1. The lowest BCUT2D eigenvalue weighted by Gasteiger charge is -2.27. The van der Waals surface area contributed by atoms with Crippen LogP contribution in [0.15, 0.2) is 48.9 Å². The molecule has 0 radical (unpaired) electrons. The van der Waals surface area contributed by atoms with Crippen molar-refractivity contribution in [3.63, 3.8) is 0 Å². The fourth-order valence-corrected chi connectivity index (χ4v) is 6.39. The largest absolute Gasteiger partial charge is 0.494 e. The van der Waals surface area contributed by atoms with Crippen LogP contribution in [0.1, 0.15) is 66.1 Å². The van der Waals surface area contributed by atoms with Crippen LogP contribution in [-0.2, 0) is 25.8 Å². The van der Waals surface area contributed by atoms with Crippen molar-refractivity contribution in [1.82, 2.24) is 24.7 Å². The fraction of sp³-hybridized carbons (Fsp3) is 0.364. The molecule has 0 saturated heterocycles. The second-order valence-corrected chi connectivity index (χ2v) is 11.1. The minimum Gasteiger partial charge on any atom is -0.494 e. The topological polar surface area (TPSA) is 71.9 Å². The molecule has 1 fully saturated rings. The van der Waals surface area contributed by atoms with Crippen LogP contribution in [0.25, 0.3) is 27.8 Å². The van der Waals surface area contributed by atoms with E-state index in [1.807, 2.05) is 18.6 Å². The van der Waals surface area contributed by atoms with Gasteiger partial charge in [-0.1, -0.05) is 32.0 Å². The van der Waals surface area contributed by atoms with Crippen LogP contribution in [0.2, 0.25) is 0 Å². The van der Waals surface area contributed by atoms with E-state index < -0.39 is 0 Å². The summed E-state index contributed by atoms with van der Waals surface area (Å²) in [6.07, 6.45) is 11.3. The zero-order chi connectivity index (χ0) is 27.4. The van der Waals surface area contributed by atoms with Gasteiger partial charge in [0, 0.05) is 54.6 Å². The molecule has 7 nitrogen and oxygen atoms in total. The van der Waals surface area contributed by atoms with Crippen molar-refractivity contribution in [3.8, 4) is 22.7 Å². The molecule has 1 N–H and O–H groups in total. The third-order valence-electron chi connectivity index (χ3n) is 8.64. The minimum absolute atomic E-state index is 0.653.